The number of nitrogens with one attached hydrogen (secondary N) is 2. The summed E-state index contributed by atoms with van der Waals surface area (Å²) in [5, 5.41) is 7.06. The van der Waals surface area contributed by atoms with Crippen molar-refractivity contribution in [3.8, 4) is 11.1 Å². The number of aromatic nitrogens is 2. The predicted octanol–water partition coefficient (Wildman–Crippen LogP) is 3.58. The molecule has 0 saturated carbocycles. The molecule has 31 heavy (non-hydrogen) atoms. The molecule has 2 N–H and O–H groups in total. The number of benzene rings is 2. The molecule has 3 unspecified atom stereocenters. The van der Waals surface area contributed by atoms with E-state index < -0.39 is 0 Å². The second-order valence-corrected chi connectivity index (χ2v) is 8.38. The van der Waals surface area contributed by atoms with Crippen molar-refractivity contribution in [3.63, 3.8) is 0 Å². The average molecular weight is 416 g/mol. The van der Waals surface area contributed by atoms with Crippen molar-refractivity contribution < 1.29 is 4.74 Å². The number of hydrogen-bond acceptors (Lipinski definition) is 3. The Morgan fingerprint density at radius 1 is 1.16 bits per heavy atom. The first-order chi connectivity index (χ1) is 15.3. The van der Waals surface area contributed by atoms with Gasteiger partial charge in [0.05, 0.1) is 24.6 Å². The number of imidazole rings is 1. The first-order valence-corrected chi connectivity index (χ1v) is 11.0. The van der Waals surface area contributed by atoms with Crippen LogP contribution < -0.4 is 10.6 Å². The molecule has 0 spiro atoms. The van der Waals surface area contributed by atoms with Crippen molar-refractivity contribution in [1.82, 2.24) is 20.2 Å². The van der Waals surface area contributed by atoms with Gasteiger partial charge in [-0.3, -0.25) is 4.99 Å². The van der Waals surface area contributed by atoms with Crippen molar-refractivity contribution in [3.05, 3.63) is 78.4 Å². The molecule has 2 aromatic carbocycles. The first kappa shape index (κ1) is 19.8. The molecular weight excluding hydrogens is 386 g/mol. The SMILES string of the molecule is CN=C(NCc1ccccc1-c1ccc(Cn2ccnc2)cc1)NC1CC2CCC1O2. The summed E-state index contributed by atoms with van der Waals surface area (Å²) in [5.41, 5.74) is 4.96. The summed E-state index contributed by atoms with van der Waals surface area (Å²) < 4.78 is 8.04. The van der Waals surface area contributed by atoms with Crippen molar-refractivity contribution in [2.75, 3.05) is 7.05 Å². The van der Waals surface area contributed by atoms with Gasteiger partial charge >= 0.3 is 0 Å². The molecule has 2 fully saturated rings. The van der Waals surface area contributed by atoms with E-state index in [1.807, 2.05) is 25.8 Å². The van der Waals surface area contributed by atoms with Gasteiger partial charge in [-0.15, -0.1) is 0 Å². The topological polar surface area (TPSA) is 63.5 Å². The third-order valence-electron chi connectivity index (χ3n) is 6.30. The van der Waals surface area contributed by atoms with Crippen molar-refractivity contribution in [1.29, 1.82) is 0 Å². The summed E-state index contributed by atoms with van der Waals surface area (Å²) in [7, 11) is 1.83. The van der Waals surface area contributed by atoms with Crippen molar-refractivity contribution in [2.45, 2.75) is 50.6 Å². The smallest absolute Gasteiger partial charge is 0.191 e. The number of fused-ring (bicyclic) bond motifs is 2. The Balaban J connectivity index is 1.24. The third kappa shape index (κ3) is 4.49. The zero-order chi connectivity index (χ0) is 21.0. The normalized spacial score (nSPS) is 22.6. The molecule has 0 radical (unpaired) electrons. The van der Waals surface area contributed by atoms with Crippen LogP contribution in [0.25, 0.3) is 11.1 Å². The van der Waals surface area contributed by atoms with E-state index in [1.165, 1.54) is 28.7 Å². The van der Waals surface area contributed by atoms with E-state index in [0.29, 0.717) is 24.8 Å². The number of guanidine groups is 1. The molecule has 3 aromatic rings. The van der Waals surface area contributed by atoms with Crippen LogP contribution in [-0.4, -0.2) is 40.8 Å². The van der Waals surface area contributed by atoms with E-state index in [2.05, 4.69) is 73.7 Å². The van der Waals surface area contributed by atoms with Gasteiger partial charge in [0.25, 0.3) is 0 Å². The van der Waals surface area contributed by atoms with Gasteiger partial charge in [-0.2, -0.15) is 0 Å². The minimum Gasteiger partial charge on any atom is -0.373 e. The van der Waals surface area contributed by atoms with Crippen LogP contribution in [0.2, 0.25) is 0 Å². The summed E-state index contributed by atoms with van der Waals surface area (Å²) in [6.45, 7) is 1.55. The highest BCUT2D eigenvalue weighted by atomic mass is 16.5. The number of nitrogens with zero attached hydrogens (tertiary/aromatic N) is 3. The van der Waals surface area contributed by atoms with E-state index >= 15 is 0 Å². The molecule has 6 heteroatoms. The van der Waals surface area contributed by atoms with Crippen LogP contribution in [0.5, 0.6) is 0 Å². The number of rotatable bonds is 6. The van der Waals surface area contributed by atoms with Gasteiger partial charge in [0, 0.05) is 32.5 Å². The highest BCUT2D eigenvalue weighted by Crippen LogP contribution is 2.34. The van der Waals surface area contributed by atoms with Crippen LogP contribution in [0.3, 0.4) is 0 Å². The largest absolute Gasteiger partial charge is 0.373 e. The number of aliphatic imine (C=N–C) groups is 1. The summed E-state index contributed by atoms with van der Waals surface area (Å²) in [6.07, 6.45) is 9.83. The van der Waals surface area contributed by atoms with E-state index in [1.54, 1.807) is 0 Å². The lowest BCUT2D eigenvalue weighted by atomic mass is 9.96. The van der Waals surface area contributed by atoms with Crippen LogP contribution in [0.15, 0.2) is 72.2 Å². The zero-order valence-electron chi connectivity index (χ0n) is 17.9. The first-order valence-electron chi connectivity index (χ1n) is 11.0. The number of hydrogen-bond donors (Lipinski definition) is 2. The fraction of sp³-hybridized carbons (Fsp3) is 0.360. The molecule has 3 heterocycles. The molecule has 160 valence electrons. The fourth-order valence-corrected chi connectivity index (χ4v) is 4.68. The lowest BCUT2D eigenvalue weighted by molar-refractivity contribution is 0.0992. The van der Waals surface area contributed by atoms with Gasteiger partial charge in [0.2, 0.25) is 0 Å². The van der Waals surface area contributed by atoms with Crippen LogP contribution in [0.4, 0.5) is 0 Å². The van der Waals surface area contributed by atoms with Crippen LogP contribution >= 0.6 is 0 Å². The zero-order valence-corrected chi connectivity index (χ0v) is 17.9. The highest BCUT2D eigenvalue weighted by molar-refractivity contribution is 5.80. The maximum Gasteiger partial charge on any atom is 0.191 e. The second-order valence-electron chi connectivity index (χ2n) is 8.38. The van der Waals surface area contributed by atoms with Crippen LogP contribution in [0.1, 0.15) is 30.4 Å². The Morgan fingerprint density at radius 3 is 2.74 bits per heavy atom. The van der Waals surface area contributed by atoms with Gasteiger partial charge in [-0.1, -0.05) is 48.5 Å². The molecule has 2 bridgehead atoms. The molecular formula is C25H29N5O. The summed E-state index contributed by atoms with van der Waals surface area (Å²) in [5.74, 6) is 0.839. The molecule has 5 rings (SSSR count). The minimum atomic E-state index is 0.330. The fourth-order valence-electron chi connectivity index (χ4n) is 4.68. The van der Waals surface area contributed by atoms with Gasteiger partial charge in [-0.25, -0.2) is 4.98 Å². The molecule has 1 aromatic heterocycles. The minimum absolute atomic E-state index is 0.330. The molecule has 0 amide bonds. The van der Waals surface area contributed by atoms with Gasteiger partial charge < -0.3 is 19.9 Å². The molecule has 6 nitrogen and oxygen atoms in total. The molecule has 3 atom stereocenters. The van der Waals surface area contributed by atoms with E-state index in [0.717, 1.165) is 25.3 Å². The standard InChI is InChI=1S/C25H29N5O/c1-26-25(29-23-14-21-10-11-24(23)31-21)28-15-20-4-2-3-5-22(20)19-8-6-18(7-9-19)16-30-13-12-27-17-30/h2-9,12-13,17,21,23-24H,10-11,14-16H2,1H3,(H2,26,28,29). The number of ether oxygens (including phenoxy) is 1. The lowest BCUT2D eigenvalue weighted by Gasteiger charge is -2.23. The maximum atomic E-state index is 5.96. The van der Waals surface area contributed by atoms with Gasteiger partial charge in [0.15, 0.2) is 5.96 Å². The summed E-state index contributed by atoms with van der Waals surface area (Å²) in [6, 6.07) is 17.7. The highest BCUT2D eigenvalue weighted by Gasteiger charge is 2.41. The average Bonchev–Trinajstić information content (AvgIpc) is 3.56. The molecule has 2 aliphatic heterocycles. The Bertz CT molecular complexity index is 1030. The Hall–Kier alpha value is -3.12. The van der Waals surface area contributed by atoms with Gasteiger partial charge in [-0.05, 0) is 41.5 Å². The second kappa shape index (κ2) is 8.94. The van der Waals surface area contributed by atoms with E-state index in [9.17, 15) is 0 Å². The monoisotopic (exact) mass is 415 g/mol. The lowest BCUT2D eigenvalue weighted by Crippen LogP contribution is -2.47. The summed E-state index contributed by atoms with van der Waals surface area (Å²) in [4.78, 5) is 8.55. The van der Waals surface area contributed by atoms with E-state index in [-0.39, 0.29) is 0 Å². The van der Waals surface area contributed by atoms with Crippen molar-refractivity contribution >= 4 is 5.96 Å². The van der Waals surface area contributed by atoms with Crippen molar-refractivity contribution in [2.24, 2.45) is 4.99 Å². The predicted molar refractivity (Wildman–Crippen MR) is 123 cm³/mol. The van der Waals surface area contributed by atoms with Crippen LogP contribution in [-0.2, 0) is 17.8 Å². The maximum absolute atomic E-state index is 5.96. The van der Waals surface area contributed by atoms with E-state index in [4.69, 9.17) is 4.74 Å². The Morgan fingerprint density at radius 2 is 2.03 bits per heavy atom. The molecule has 2 saturated heterocycles. The van der Waals surface area contributed by atoms with Gasteiger partial charge in [0.1, 0.15) is 0 Å². The Kier molecular flexibility index (Phi) is 5.71. The summed E-state index contributed by atoms with van der Waals surface area (Å²) >= 11 is 0. The molecule has 2 aliphatic rings. The quantitative estimate of drug-likeness (QED) is 0.477. The third-order valence-corrected chi connectivity index (χ3v) is 6.30. The molecule has 0 aliphatic carbocycles. The van der Waals surface area contributed by atoms with Crippen LogP contribution in [0, 0.1) is 0 Å². The Labute approximate surface area is 183 Å².